The number of rotatable bonds is 8. The molecule has 0 amide bonds. The first-order valence-electron chi connectivity index (χ1n) is 10.5. The molecule has 0 atom stereocenters. The van der Waals surface area contributed by atoms with Gasteiger partial charge in [0.1, 0.15) is 11.2 Å². The van der Waals surface area contributed by atoms with Gasteiger partial charge in [-0.15, -0.1) is 0 Å². The van der Waals surface area contributed by atoms with Gasteiger partial charge in [-0.1, -0.05) is 13.3 Å². The van der Waals surface area contributed by atoms with E-state index in [-0.39, 0.29) is 11.5 Å². The number of anilines is 2. The van der Waals surface area contributed by atoms with Crippen LogP contribution in [0.1, 0.15) is 45.4 Å². The lowest BCUT2D eigenvalue weighted by Gasteiger charge is -2.30. The largest absolute Gasteiger partial charge is 0.369 e. The summed E-state index contributed by atoms with van der Waals surface area (Å²) in [6.07, 6.45) is 8.81. The minimum Gasteiger partial charge on any atom is -0.369 e. The monoisotopic (exact) mass is 386 g/mol. The van der Waals surface area contributed by atoms with Crippen LogP contribution >= 0.6 is 0 Å². The molecule has 0 unspecified atom stereocenters. The summed E-state index contributed by atoms with van der Waals surface area (Å²) >= 11 is 0. The van der Waals surface area contributed by atoms with E-state index in [0.29, 0.717) is 22.6 Å². The van der Waals surface area contributed by atoms with Crippen molar-refractivity contribution in [2.24, 2.45) is 11.8 Å². The molecule has 2 heterocycles. The molecule has 0 aliphatic heterocycles. The fourth-order valence-corrected chi connectivity index (χ4v) is 4.25. The molecule has 28 heavy (non-hydrogen) atoms. The number of nitrogen functional groups attached to an aromatic ring is 1. The van der Waals surface area contributed by atoms with Crippen LogP contribution < -0.4 is 16.6 Å². The molecule has 2 aromatic rings. The minimum atomic E-state index is -0.0214. The number of pyridine rings is 1. The first-order chi connectivity index (χ1) is 13.5. The predicted molar refractivity (Wildman–Crippen MR) is 116 cm³/mol. The second kappa shape index (κ2) is 9.37. The molecule has 1 fully saturated rings. The summed E-state index contributed by atoms with van der Waals surface area (Å²) in [4.78, 5) is 24.0. The van der Waals surface area contributed by atoms with Crippen LogP contribution in [0.25, 0.3) is 10.9 Å². The van der Waals surface area contributed by atoms with E-state index < -0.39 is 0 Å². The van der Waals surface area contributed by atoms with Crippen molar-refractivity contribution in [2.45, 2.75) is 52.0 Å². The Balaban J connectivity index is 1.77. The molecule has 7 nitrogen and oxygen atoms in total. The number of hydrogen-bond donors (Lipinski definition) is 2. The van der Waals surface area contributed by atoms with E-state index in [1.165, 1.54) is 25.7 Å². The van der Waals surface area contributed by atoms with E-state index in [4.69, 9.17) is 5.73 Å². The Kier molecular flexibility index (Phi) is 6.88. The predicted octanol–water partition coefficient (Wildman–Crippen LogP) is 2.95. The summed E-state index contributed by atoms with van der Waals surface area (Å²) in [6.45, 7) is 4.83. The van der Waals surface area contributed by atoms with E-state index in [0.717, 1.165) is 38.4 Å². The van der Waals surface area contributed by atoms with Gasteiger partial charge in [0.05, 0.1) is 5.52 Å². The van der Waals surface area contributed by atoms with Gasteiger partial charge in [0.2, 0.25) is 5.95 Å². The third kappa shape index (κ3) is 5.01. The van der Waals surface area contributed by atoms with Crippen LogP contribution in [0.2, 0.25) is 0 Å². The maximum absolute atomic E-state index is 13.2. The van der Waals surface area contributed by atoms with Gasteiger partial charge in [0.25, 0.3) is 5.56 Å². The van der Waals surface area contributed by atoms with Crippen molar-refractivity contribution in [1.82, 2.24) is 19.4 Å². The quantitative estimate of drug-likeness (QED) is 0.678. The molecular formula is C21H34N6O. The molecule has 2 aromatic heterocycles. The lowest BCUT2D eigenvalue weighted by molar-refractivity contribution is 0.209. The number of fused-ring (bicyclic) bond motifs is 1. The summed E-state index contributed by atoms with van der Waals surface area (Å²) in [5, 5.41) is 3.83. The third-order valence-corrected chi connectivity index (χ3v) is 5.71. The standard InChI is InChI=1S/C21H34N6O/c1-4-5-11-23-19-18-17(24-21(22)25-19)10-12-27(20(18)28)14-16-8-6-15(7-9-16)13-26(2)3/h10,12,15-16H,4-9,11,13-14H2,1-3H3,(H3,22,23,24,25). The van der Waals surface area contributed by atoms with Crippen molar-refractivity contribution >= 4 is 22.7 Å². The fourth-order valence-electron chi connectivity index (χ4n) is 4.25. The smallest absolute Gasteiger partial charge is 0.263 e. The molecule has 0 bridgehead atoms. The van der Waals surface area contributed by atoms with Crippen LogP contribution in [0, 0.1) is 11.8 Å². The zero-order valence-corrected chi connectivity index (χ0v) is 17.4. The van der Waals surface area contributed by atoms with E-state index in [9.17, 15) is 4.79 Å². The van der Waals surface area contributed by atoms with Crippen LogP contribution in [-0.2, 0) is 6.54 Å². The first kappa shape index (κ1) is 20.6. The topological polar surface area (TPSA) is 89.1 Å². The number of aromatic nitrogens is 3. The molecule has 0 saturated heterocycles. The van der Waals surface area contributed by atoms with Crippen LogP contribution in [0.15, 0.2) is 17.1 Å². The van der Waals surface area contributed by atoms with Crippen molar-refractivity contribution in [3.63, 3.8) is 0 Å². The molecule has 1 aliphatic carbocycles. The van der Waals surface area contributed by atoms with Crippen molar-refractivity contribution in [1.29, 1.82) is 0 Å². The zero-order valence-electron chi connectivity index (χ0n) is 17.4. The van der Waals surface area contributed by atoms with Gasteiger partial charge in [0.15, 0.2) is 0 Å². The summed E-state index contributed by atoms with van der Waals surface area (Å²) in [5.41, 5.74) is 6.43. The maximum atomic E-state index is 13.2. The molecule has 0 spiro atoms. The third-order valence-electron chi connectivity index (χ3n) is 5.71. The number of nitrogens with zero attached hydrogens (tertiary/aromatic N) is 4. The second-order valence-corrected chi connectivity index (χ2v) is 8.39. The molecule has 1 saturated carbocycles. The molecule has 154 valence electrons. The normalized spacial score (nSPS) is 20.0. The molecule has 0 radical (unpaired) electrons. The van der Waals surface area contributed by atoms with E-state index in [1.807, 2.05) is 16.8 Å². The zero-order chi connectivity index (χ0) is 20.1. The van der Waals surface area contributed by atoms with E-state index >= 15 is 0 Å². The van der Waals surface area contributed by atoms with Crippen LogP contribution in [0.4, 0.5) is 11.8 Å². The molecule has 3 N–H and O–H groups in total. The Morgan fingerprint density at radius 3 is 2.61 bits per heavy atom. The Bertz CT molecular complexity index is 839. The number of unbranched alkanes of at least 4 members (excludes halogenated alkanes) is 1. The molecule has 0 aromatic carbocycles. The molecule has 7 heteroatoms. The summed E-state index contributed by atoms with van der Waals surface area (Å²) < 4.78 is 1.84. The minimum absolute atomic E-state index is 0.0214. The van der Waals surface area contributed by atoms with E-state index in [1.54, 1.807) is 0 Å². The number of nitrogens with one attached hydrogen (secondary N) is 1. The van der Waals surface area contributed by atoms with Gasteiger partial charge < -0.3 is 20.5 Å². The summed E-state index contributed by atoms with van der Waals surface area (Å²) in [5.74, 6) is 2.10. The first-order valence-corrected chi connectivity index (χ1v) is 10.5. The molecule has 3 rings (SSSR count). The average Bonchev–Trinajstić information content (AvgIpc) is 2.65. The average molecular weight is 387 g/mol. The van der Waals surface area contributed by atoms with Gasteiger partial charge in [-0.3, -0.25) is 4.79 Å². The molecular weight excluding hydrogens is 352 g/mol. The summed E-state index contributed by atoms with van der Waals surface area (Å²) in [6, 6.07) is 1.89. The van der Waals surface area contributed by atoms with Gasteiger partial charge in [-0.05, 0) is 64.1 Å². The Morgan fingerprint density at radius 1 is 1.21 bits per heavy atom. The summed E-state index contributed by atoms with van der Waals surface area (Å²) in [7, 11) is 4.28. The SMILES string of the molecule is CCCCNc1nc(N)nc2ccn(CC3CCC(CN(C)C)CC3)c(=O)c12. The second-order valence-electron chi connectivity index (χ2n) is 8.39. The van der Waals surface area contributed by atoms with Crippen LogP contribution in [0.3, 0.4) is 0 Å². The van der Waals surface area contributed by atoms with Crippen molar-refractivity contribution in [3.8, 4) is 0 Å². The van der Waals surface area contributed by atoms with Crippen molar-refractivity contribution in [2.75, 3.05) is 38.2 Å². The van der Waals surface area contributed by atoms with Crippen LogP contribution in [0.5, 0.6) is 0 Å². The molecule has 1 aliphatic rings. The highest BCUT2D eigenvalue weighted by atomic mass is 16.1. The van der Waals surface area contributed by atoms with Crippen molar-refractivity contribution in [3.05, 3.63) is 22.6 Å². The number of hydrogen-bond acceptors (Lipinski definition) is 6. The van der Waals surface area contributed by atoms with Gasteiger partial charge in [-0.2, -0.15) is 4.98 Å². The van der Waals surface area contributed by atoms with Crippen molar-refractivity contribution < 1.29 is 0 Å². The van der Waals surface area contributed by atoms with Gasteiger partial charge in [-0.25, -0.2) is 4.98 Å². The van der Waals surface area contributed by atoms with Gasteiger partial charge >= 0.3 is 0 Å². The highest BCUT2D eigenvalue weighted by molar-refractivity contribution is 5.89. The Hall–Kier alpha value is -2.15. The van der Waals surface area contributed by atoms with Gasteiger partial charge in [0, 0.05) is 25.8 Å². The highest BCUT2D eigenvalue weighted by Gasteiger charge is 2.22. The Morgan fingerprint density at radius 2 is 1.93 bits per heavy atom. The Labute approximate surface area is 167 Å². The number of nitrogens with two attached hydrogens (primary N) is 1. The highest BCUT2D eigenvalue weighted by Crippen LogP contribution is 2.30. The fraction of sp³-hybridized carbons (Fsp3) is 0.667. The maximum Gasteiger partial charge on any atom is 0.263 e. The van der Waals surface area contributed by atoms with Crippen LogP contribution in [-0.4, -0.2) is 46.6 Å². The van der Waals surface area contributed by atoms with E-state index in [2.05, 4.69) is 41.2 Å². The lowest BCUT2D eigenvalue weighted by Crippen LogP contribution is -2.29. The lowest BCUT2D eigenvalue weighted by atomic mass is 9.81.